The molecule has 1 atom stereocenters. The molecular formula is C10H17NO4S. The third-order valence-electron chi connectivity index (χ3n) is 2.00. The van der Waals surface area contributed by atoms with E-state index < -0.39 is 12.0 Å². The fourth-order valence-corrected chi connectivity index (χ4v) is 1.57. The molecule has 5 nitrogen and oxygen atoms in total. The van der Waals surface area contributed by atoms with Crippen LogP contribution in [0.2, 0.25) is 0 Å². The molecule has 0 aliphatic rings. The van der Waals surface area contributed by atoms with Crippen LogP contribution in [0.5, 0.6) is 0 Å². The highest BCUT2D eigenvalue weighted by Crippen LogP contribution is 2.02. The first-order valence-electron chi connectivity index (χ1n) is 4.98. The number of hydrogen-bond acceptors (Lipinski definition) is 4. The second kappa shape index (κ2) is 8.15. The van der Waals surface area contributed by atoms with E-state index in [1.807, 2.05) is 6.26 Å². The van der Waals surface area contributed by atoms with Crippen molar-refractivity contribution in [2.45, 2.75) is 32.2 Å². The number of aliphatic carboxylic acids is 1. The molecule has 0 spiro atoms. The van der Waals surface area contributed by atoms with Gasteiger partial charge in [0.05, 0.1) is 12.5 Å². The second-order valence-electron chi connectivity index (χ2n) is 3.41. The Kier molecular flexibility index (Phi) is 7.62. The molecule has 16 heavy (non-hydrogen) atoms. The molecule has 0 saturated carbocycles. The summed E-state index contributed by atoms with van der Waals surface area (Å²) in [7, 11) is 0. The monoisotopic (exact) mass is 247 g/mol. The molecule has 0 saturated heterocycles. The minimum absolute atomic E-state index is 0.0849. The summed E-state index contributed by atoms with van der Waals surface area (Å²) in [6, 6.07) is -0.492. The average molecular weight is 247 g/mol. The number of Topliss-reactive ketones (excluding diaryl/α,β-unsaturated/α-hetero) is 1. The number of ketones is 1. The smallest absolute Gasteiger partial charge is 0.303 e. The number of carbonyl (C=O) groups is 3. The summed E-state index contributed by atoms with van der Waals surface area (Å²) in [6.07, 6.45) is 2.20. The van der Waals surface area contributed by atoms with Gasteiger partial charge in [0.1, 0.15) is 0 Å². The average Bonchev–Trinajstić information content (AvgIpc) is 2.20. The summed E-state index contributed by atoms with van der Waals surface area (Å²) >= 11 is 1.60. The zero-order valence-corrected chi connectivity index (χ0v) is 10.3. The van der Waals surface area contributed by atoms with Crippen LogP contribution in [-0.4, -0.2) is 40.8 Å². The molecular weight excluding hydrogens is 230 g/mol. The van der Waals surface area contributed by atoms with E-state index in [1.165, 1.54) is 6.92 Å². The van der Waals surface area contributed by atoms with E-state index in [9.17, 15) is 14.4 Å². The Bertz CT molecular complexity index is 268. The van der Waals surface area contributed by atoms with Crippen molar-refractivity contribution in [2.24, 2.45) is 0 Å². The maximum absolute atomic E-state index is 11.3. The Labute approximate surface area is 99.0 Å². The standard InChI is InChI=1S/C10H17NO4S/c1-7(12)8(5-6-16-2)11-9(13)3-4-10(14)15/h8H,3-6H2,1-2H3,(H,11,13)(H,14,15)/t8-/m0/s1. The molecule has 0 aromatic heterocycles. The topological polar surface area (TPSA) is 83.5 Å². The second-order valence-corrected chi connectivity index (χ2v) is 4.39. The number of hydrogen-bond donors (Lipinski definition) is 2. The van der Waals surface area contributed by atoms with E-state index in [0.717, 1.165) is 5.75 Å². The lowest BCUT2D eigenvalue weighted by Gasteiger charge is -2.14. The van der Waals surface area contributed by atoms with Gasteiger partial charge in [0.15, 0.2) is 5.78 Å². The number of rotatable bonds is 8. The number of carboxylic acid groups (broad SMARTS) is 1. The van der Waals surface area contributed by atoms with Crippen LogP contribution in [0.15, 0.2) is 0 Å². The zero-order chi connectivity index (χ0) is 12.6. The van der Waals surface area contributed by atoms with Crippen LogP contribution < -0.4 is 5.32 Å². The van der Waals surface area contributed by atoms with E-state index in [-0.39, 0.29) is 24.5 Å². The van der Waals surface area contributed by atoms with Gasteiger partial charge in [-0.2, -0.15) is 11.8 Å². The third kappa shape index (κ3) is 7.28. The van der Waals surface area contributed by atoms with Gasteiger partial charge < -0.3 is 10.4 Å². The lowest BCUT2D eigenvalue weighted by molar-refractivity contribution is -0.139. The molecule has 0 heterocycles. The molecule has 6 heteroatoms. The molecule has 92 valence electrons. The predicted molar refractivity (Wildman–Crippen MR) is 62.5 cm³/mol. The molecule has 0 aromatic rings. The number of amides is 1. The fourth-order valence-electron chi connectivity index (χ4n) is 1.10. The van der Waals surface area contributed by atoms with Gasteiger partial charge in [0, 0.05) is 6.42 Å². The van der Waals surface area contributed by atoms with Crippen LogP contribution >= 0.6 is 11.8 Å². The predicted octanol–water partition coefficient (Wildman–Crippen LogP) is 0.678. The van der Waals surface area contributed by atoms with E-state index in [4.69, 9.17) is 5.11 Å². The lowest BCUT2D eigenvalue weighted by Crippen LogP contribution is -2.40. The van der Waals surface area contributed by atoms with Gasteiger partial charge in [0.2, 0.25) is 5.91 Å². The van der Waals surface area contributed by atoms with Crippen molar-refractivity contribution in [3.63, 3.8) is 0 Å². The van der Waals surface area contributed by atoms with Crippen molar-refractivity contribution >= 4 is 29.4 Å². The highest BCUT2D eigenvalue weighted by Gasteiger charge is 2.16. The van der Waals surface area contributed by atoms with Crippen molar-refractivity contribution < 1.29 is 19.5 Å². The normalized spacial score (nSPS) is 11.9. The molecule has 2 N–H and O–H groups in total. The van der Waals surface area contributed by atoms with Crippen LogP contribution in [0.4, 0.5) is 0 Å². The van der Waals surface area contributed by atoms with Crippen LogP contribution in [0.25, 0.3) is 0 Å². The summed E-state index contributed by atoms with van der Waals surface area (Å²) in [5, 5.41) is 10.9. The van der Waals surface area contributed by atoms with E-state index in [1.54, 1.807) is 11.8 Å². The molecule has 0 unspecified atom stereocenters. The van der Waals surface area contributed by atoms with E-state index in [2.05, 4.69) is 5.32 Å². The Morgan fingerprint density at radius 3 is 2.38 bits per heavy atom. The Balaban J connectivity index is 4.02. The first-order valence-corrected chi connectivity index (χ1v) is 6.37. The summed E-state index contributed by atoms with van der Waals surface area (Å²) in [5.74, 6) is -0.719. The van der Waals surface area contributed by atoms with Crippen LogP contribution in [0.3, 0.4) is 0 Å². The molecule has 0 fully saturated rings. The van der Waals surface area contributed by atoms with Gasteiger partial charge in [-0.25, -0.2) is 0 Å². The summed E-state index contributed by atoms with van der Waals surface area (Å²) in [4.78, 5) is 32.7. The quantitative estimate of drug-likeness (QED) is 0.659. The maximum Gasteiger partial charge on any atom is 0.303 e. The Morgan fingerprint density at radius 2 is 1.94 bits per heavy atom. The Hall–Kier alpha value is -1.04. The number of thioether (sulfide) groups is 1. The van der Waals surface area contributed by atoms with Gasteiger partial charge in [-0.15, -0.1) is 0 Å². The van der Waals surface area contributed by atoms with E-state index in [0.29, 0.717) is 6.42 Å². The largest absolute Gasteiger partial charge is 0.481 e. The van der Waals surface area contributed by atoms with Gasteiger partial charge in [-0.1, -0.05) is 0 Å². The van der Waals surface area contributed by atoms with Gasteiger partial charge >= 0.3 is 5.97 Å². The minimum atomic E-state index is -1.02. The van der Waals surface area contributed by atoms with Crippen LogP contribution in [0, 0.1) is 0 Å². The van der Waals surface area contributed by atoms with Crippen molar-refractivity contribution in [3.8, 4) is 0 Å². The van der Waals surface area contributed by atoms with Crippen molar-refractivity contribution in [3.05, 3.63) is 0 Å². The molecule has 1 amide bonds. The lowest BCUT2D eigenvalue weighted by atomic mass is 10.1. The Morgan fingerprint density at radius 1 is 1.31 bits per heavy atom. The van der Waals surface area contributed by atoms with Gasteiger partial charge in [-0.3, -0.25) is 14.4 Å². The first-order chi connectivity index (χ1) is 7.47. The summed E-state index contributed by atoms with van der Waals surface area (Å²) < 4.78 is 0. The maximum atomic E-state index is 11.3. The third-order valence-corrected chi connectivity index (χ3v) is 2.65. The number of nitrogens with one attached hydrogen (secondary N) is 1. The highest BCUT2D eigenvalue weighted by atomic mass is 32.2. The SMILES string of the molecule is CSCC[C@H](NC(=O)CCC(=O)O)C(C)=O. The molecule has 0 aliphatic carbocycles. The van der Waals surface area contributed by atoms with Gasteiger partial charge in [0.25, 0.3) is 0 Å². The molecule has 0 bridgehead atoms. The van der Waals surface area contributed by atoms with Crippen molar-refractivity contribution in [1.29, 1.82) is 0 Å². The first kappa shape index (κ1) is 15.0. The molecule has 0 aliphatic heterocycles. The van der Waals surface area contributed by atoms with Crippen LogP contribution in [-0.2, 0) is 14.4 Å². The van der Waals surface area contributed by atoms with Gasteiger partial charge in [-0.05, 0) is 25.4 Å². The molecule has 0 rings (SSSR count). The highest BCUT2D eigenvalue weighted by molar-refractivity contribution is 7.98. The van der Waals surface area contributed by atoms with Crippen molar-refractivity contribution in [2.75, 3.05) is 12.0 Å². The van der Waals surface area contributed by atoms with Crippen molar-refractivity contribution in [1.82, 2.24) is 5.32 Å². The van der Waals surface area contributed by atoms with E-state index >= 15 is 0 Å². The summed E-state index contributed by atoms with van der Waals surface area (Å²) in [5.41, 5.74) is 0. The molecule has 0 radical (unpaired) electrons. The summed E-state index contributed by atoms with van der Waals surface area (Å²) in [6.45, 7) is 1.42. The zero-order valence-electron chi connectivity index (χ0n) is 9.49. The fraction of sp³-hybridized carbons (Fsp3) is 0.700. The molecule has 0 aromatic carbocycles. The number of carbonyl (C=O) groups excluding carboxylic acids is 2. The number of carboxylic acids is 1. The minimum Gasteiger partial charge on any atom is -0.481 e. The van der Waals surface area contributed by atoms with Crippen LogP contribution in [0.1, 0.15) is 26.2 Å².